The Morgan fingerprint density at radius 3 is 2.30 bits per heavy atom. The van der Waals surface area contributed by atoms with Crippen LogP contribution in [-0.2, 0) is 22.4 Å². The van der Waals surface area contributed by atoms with Crippen molar-refractivity contribution in [2.75, 3.05) is 19.6 Å². The van der Waals surface area contributed by atoms with E-state index in [0.717, 1.165) is 50.9 Å². The SMILES string of the molecule is CCc1ccc(CC(=O)N2CCC(N3CCCC3=O)CC2)cc1. The van der Waals surface area contributed by atoms with Crippen molar-refractivity contribution in [3.05, 3.63) is 35.4 Å². The third-order valence-electron chi connectivity index (χ3n) is 5.15. The number of carbonyl (C=O) groups is 2. The van der Waals surface area contributed by atoms with Gasteiger partial charge in [0.2, 0.25) is 11.8 Å². The van der Waals surface area contributed by atoms with Gasteiger partial charge in [0.1, 0.15) is 0 Å². The summed E-state index contributed by atoms with van der Waals surface area (Å²) in [4.78, 5) is 28.3. The summed E-state index contributed by atoms with van der Waals surface area (Å²) < 4.78 is 0. The molecule has 0 radical (unpaired) electrons. The predicted molar refractivity (Wildman–Crippen MR) is 90.1 cm³/mol. The fraction of sp³-hybridized carbons (Fsp3) is 0.579. The van der Waals surface area contributed by atoms with Gasteiger partial charge in [-0.25, -0.2) is 0 Å². The fourth-order valence-electron chi connectivity index (χ4n) is 3.66. The maximum atomic E-state index is 12.5. The first-order valence-electron chi connectivity index (χ1n) is 8.82. The molecule has 2 amide bonds. The van der Waals surface area contributed by atoms with Gasteiger partial charge in [0.25, 0.3) is 0 Å². The zero-order chi connectivity index (χ0) is 16.2. The van der Waals surface area contributed by atoms with Crippen molar-refractivity contribution >= 4 is 11.8 Å². The number of amides is 2. The molecule has 4 heteroatoms. The number of hydrogen-bond acceptors (Lipinski definition) is 2. The maximum absolute atomic E-state index is 12.5. The number of nitrogens with zero attached hydrogens (tertiary/aromatic N) is 2. The lowest BCUT2D eigenvalue weighted by atomic mass is 10.0. The molecule has 2 heterocycles. The maximum Gasteiger partial charge on any atom is 0.226 e. The Kier molecular flexibility index (Phi) is 4.99. The van der Waals surface area contributed by atoms with Gasteiger partial charge < -0.3 is 9.80 Å². The molecule has 0 bridgehead atoms. The van der Waals surface area contributed by atoms with Gasteiger partial charge in [-0.1, -0.05) is 31.2 Å². The van der Waals surface area contributed by atoms with Gasteiger partial charge in [-0.05, 0) is 36.8 Å². The van der Waals surface area contributed by atoms with Crippen LogP contribution in [0.25, 0.3) is 0 Å². The van der Waals surface area contributed by atoms with E-state index in [0.29, 0.717) is 24.8 Å². The predicted octanol–water partition coefficient (Wildman–Crippen LogP) is 2.40. The molecule has 1 aromatic rings. The third-order valence-corrected chi connectivity index (χ3v) is 5.15. The van der Waals surface area contributed by atoms with E-state index in [4.69, 9.17) is 0 Å². The van der Waals surface area contributed by atoms with E-state index in [1.807, 2.05) is 9.80 Å². The molecular formula is C19H26N2O2. The molecule has 0 N–H and O–H groups in total. The minimum absolute atomic E-state index is 0.209. The number of benzene rings is 1. The van der Waals surface area contributed by atoms with Crippen molar-refractivity contribution in [2.24, 2.45) is 0 Å². The van der Waals surface area contributed by atoms with Crippen molar-refractivity contribution in [3.8, 4) is 0 Å². The van der Waals surface area contributed by atoms with Crippen LogP contribution in [0.15, 0.2) is 24.3 Å². The number of likely N-dealkylation sites (tertiary alicyclic amines) is 2. The van der Waals surface area contributed by atoms with E-state index in [1.54, 1.807) is 0 Å². The summed E-state index contributed by atoms with van der Waals surface area (Å²) in [5, 5.41) is 0. The summed E-state index contributed by atoms with van der Waals surface area (Å²) >= 11 is 0. The first-order chi connectivity index (χ1) is 11.2. The molecule has 2 fully saturated rings. The second kappa shape index (κ2) is 7.16. The van der Waals surface area contributed by atoms with Crippen LogP contribution in [0.5, 0.6) is 0 Å². The Bertz CT molecular complexity index is 559. The lowest BCUT2D eigenvalue weighted by Gasteiger charge is -2.36. The molecule has 0 saturated carbocycles. The average molecular weight is 314 g/mol. The molecule has 2 saturated heterocycles. The van der Waals surface area contributed by atoms with Crippen molar-refractivity contribution in [1.29, 1.82) is 0 Å². The molecule has 4 nitrogen and oxygen atoms in total. The Morgan fingerprint density at radius 1 is 1.09 bits per heavy atom. The van der Waals surface area contributed by atoms with Gasteiger partial charge in [-0.15, -0.1) is 0 Å². The standard InChI is InChI=1S/C19H26N2O2/c1-2-15-5-7-16(8-6-15)14-19(23)20-12-9-17(10-13-20)21-11-3-4-18(21)22/h5-8,17H,2-4,9-14H2,1H3. The summed E-state index contributed by atoms with van der Waals surface area (Å²) in [5.74, 6) is 0.506. The van der Waals surface area contributed by atoms with Gasteiger partial charge in [-0.3, -0.25) is 9.59 Å². The second-order valence-electron chi connectivity index (χ2n) is 6.65. The van der Waals surface area contributed by atoms with Crippen molar-refractivity contribution in [1.82, 2.24) is 9.80 Å². The van der Waals surface area contributed by atoms with Crippen LogP contribution in [-0.4, -0.2) is 47.3 Å². The van der Waals surface area contributed by atoms with E-state index in [-0.39, 0.29) is 5.91 Å². The number of aryl methyl sites for hydroxylation is 1. The lowest BCUT2D eigenvalue weighted by Crippen LogP contribution is -2.47. The van der Waals surface area contributed by atoms with Crippen LogP contribution in [0.2, 0.25) is 0 Å². The van der Waals surface area contributed by atoms with Crippen LogP contribution in [0, 0.1) is 0 Å². The molecular weight excluding hydrogens is 288 g/mol. The minimum atomic E-state index is 0.209. The lowest BCUT2D eigenvalue weighted by molar-refractivity contribution is -0.134. The first-order valence-corrected chi connectivity index (χ1v) is 8.82. The van der Waals surface area contributed by atoms with Crippen LogP contribution in [0.3, 0.4) is 0 Å². The average Bonchev–Trinajstić information content (AvgIpc) is 3.02. The Morgan fingerprint density at radius 2 is 1.74 bits per heavy atom. The molecule has 3 rings (SSSR count). The first kappa shape index (κ1) is 16.0. The van der Waals surface area contributed by atoms with Crippen molar-refractivity contribution in [2.45, 2.75) is 51.5 Å². The highest BCUT2D eigenvalue weighted by Gasteiger charge is 2.31. The number of hydrogen-bond donors (Lipinski definition) is 0. The molecule has 1 aromatic carbocycles. The quantitative estimate of drug-likeness (QED) is 0.856. The third kappa shape index (κ3) is 3.74. The molecule has 124 valence electrons. The molecule has 0 aromatic heterocycles. The summed E-state index contributed by atoms with van der Waals surface area (Å²) in [6.45, 7) is 4.59. The molecule has 23 heavy (non-hydrogen) atoms. The highest BCUT2D eigenvalue weighted by Crippen LogP contribution is 2.22. The highest BCUT2D eigenvalue weighted by atomic mass is 16.2. The van der Waals surface area contributed by atoms with Crippen LogP contribution in [0.4, 0.5) is 0 Å². The fourth-order valence-corrected chi connectivity index (χ4v) is 3.66. The molecule has 2 aliphatic heterocycles. The number of piperidine rings is 1. The van der Waals surface area contributed by atoms with Crippen LogP contribution >= 0.6 is 0 Å². The van der Waals surface area contributed by atoms with Crippen LogP contribution in [0.1, 0.15) is 43.7 Å². The van der Waals surface area contributed by atoms with E-state index >= 15 is 0 Å². The van der Waals surface area contributed by atoms with Crippen molar-refractivity contribution in [3.63, 3.8) is 0 Å². The second-order valence-corrected chi connectivity index (χ2v) is 6.65. The Labute approximate surface area is 138 Å². The molecule has 0 aliphatic carbocycles. The summed E-state index contributed by atoms with van der Waals surface area (Å²) in [7, 11) is 0. The molecule has 0 unspecified atom stereocenters. The summed E-state index contributed by atoms with van der Waals surface area (Å²) in [6.07, 6.45) is 5.05. The number of rotatable bonds is 4. The van der Waals surface area contributed by atoms with Gasteiger partial charge in [0, 0.05) is 32.1 Å². The topological polar surface area (TPSA) is 40.6 Å². The van der Waals surface area contributed by atoms with E-state index in [9.17, 15) is 9.59 Å². The smallest absolute Gasteiger partial charge is 0.226 e. The van der Waals surface area contributed by atoms with Crippen LogP contribution < -0.4 is 0 Å². The van der Waals surface area contributed by atoms with Gasteiger partial charge in [0.15, 0.2) is 0 Å². The molecule has 0 atom stereocenters. The van der Waals surface area contributed by atoms with E-state index in [2.05, 4.69) is 31.2 Å². The van der Waals surface area contributed by atoms with E-state index in [1.165, 1.54) is 5.56 Å². The van der Waals surface area contributed by atoms with Crippen molar-refractivity contribution < 1.29 is 9.59 Å². The largest absolute Gasteiger partial charge is 0.342 e. The van der Waals surface area contributed by atoms with E-state index < -0.39 is 0 Å². The molecule has 0 spiro atoms. The Balaban J connectivity index is 1.50. The number of carbonyl (C=O) groups excluding carboxylic acids is 2. The highest BCUT2D eigenvalue weighted by molar-refractivity contribution is 5.79. The van der Waals surface area contributed by atoms with Gasteiger partial charge >= 0.3 is 0 Å². The summed E-state index contributed by atoms with van der Waals surface area (Å²) in [5.41, 5.74) is 2.39. The zero-order valence-electron chi connectivity index (χ0n) is 14.0. The monoisotopic (exact) mass is 314 g/mol. The van der Waals surface area contributed by atoms with Gasteiger partial charge in [0.05, 0.1) is 6.42 Å². The Hall–Kier alpha value is -1.84. The molecule has 2 aliphatic rings. The zero-order valence-corrected chi connectivity index (χ0v) is 14.0. The van der Waals surface area contributed by atoms with Gasteiger partial charge in [-0.2, -0.15) is 0 Å². The minimum Gasteiger partial charge on any atom is -0.342 e. The normalized spacial score (nSPS) is 19.4. The summed E-state index contributed by atoms with van der Waals surface area (Å²) in [6, 6.07) is 8.68.